The Labute approximate surface area is 147 Å². The van der Waals surface area contributed by atoms with Gasteiger partial charge in [-0.15, -0.1) is 9.24 Å². The highest BCUT2D eigenvalue weighted by atomic mass is 31.0. The number of benzene rings is 2. The summed E-state index contributed by atoms with van der Waals surface area (Å²) < 4.78 is 5.24. The molecule has 0 radical (unpaired) electrons. The second-order valence-corrected chi connectivity index (χ2v) is 6.92. The Hall–Kier alpha value is -1.85. The minimum atomic E-state index is 0.489. The molecule has 1 aliphatic rings. The smallest absolute Gasteiger partial charge is 0.118 e. The number of ether oxygens (including phenoxy) is 1. The zero-order valence-corrected chi connectivity index (χ0v) is 15.6. The molecule has 0 aliphatic heterocycles. The molecule has 0 fully saturated rings. The van der Waals surface area contributed by atoms with E-state index in [0.29, 0.717) is 5.92 Å². The molecule has 0 amide bonds. The summed E-state index contributed by atoms with van der Waals surface area (Å²) >= 11 is 0. The van der Waals surface area contributed by atoms with Crippen molar-refractivity contribution < 1.29 is 4.74 Å². The van der Waals surface area contributed by atoms with Crippen molar-refractivity contribution in [3.05, 3.63) is 71.8 Å². The molecule has 124 valence electrons. The lowest BCUT2D eigenvalue weighted by molar-refractivity contribution is 0.415. The van der Waals surface area contributed by atoms with Gasteiger partial charge in [0.05, 0.1) is 7.11 Å². The van der Waals surface area contributed by atoms with Crippen LogP contribution in [0.1, 0.15) is 37.7 Å². The number of methoxy groups -OCH3 is 1. The Kier molecular flexibility index (Phi) is 5.53. The molecule has 1 aliphatic carbocycles. The Morgan fingerprint density at radius 2 is 1.83 bits per heavy atom. The van der Waals surface area contributed by atoms with Crippen molar-refractivity contribution in [1.29, 1.82) is 0 Å². The van der Waals surface area contributed by atoms with Gasteiger partial charge >= 0.3 is 0 Å². The second kappa shape index (κ2) is 7.81. The summed E-state index contributed by atoms with van der Waals surface area (Å²) in [5.74, 6) is 1.38. The van der Waals surface area contributed by atoms with Crippen molar-refractivity contribution in [2.45, 2.75) is 32.1 Å². The van der Waals surface area contributed by atoms with Crippen LogP contribution in [0.15, 0.2) is 66.3 Å². The molecule has 2 heteroatoms. The van der Waals surface area contributed by atoms with E-state index in [2.05, 4.69) is 64.7 Å². The van der Waals surface area contributed by atoms with Gasteiger partial charge < -0.3 is 4.74 Å². The summed E-state index contributed by atoms with van der Waals surface area (Å²) in [6.45, 7) is 2.24. The molecule has 0 saturated carbocycles. The van der Waals surface area contributed by atoms with Crippen LogP contribution >= 0.6 is 9.24 Å². The van der Waals surface area contributed by atoms with E-state index in [1.807, 2.05) is 12.1 Å². The van der Waals surface area contributed by atoms with Gasteiger partial charge in [-0.3, -0.25) is 0 Å². The first-order valence-electron chi connectivity index (χ1n) is 8.62. The highest BCUT2D eigenvalue weighted by Gasteiger charge is 2.14. The fraction of sp³-hybridized carbons (Fsp3) is 0.273. The average Bonchev–Trinajstić information content (AvgIpc) is 2.63. The summed E-state index contributed by atoms with van der Waals surface area (Å²) in [5.41, 5.74) is 5.35. The molecule has 2 aromatic carbocycles. The summed E-state index contributed by atoms with van der Waals surface area (Å²) in [6, 6.07) is 15.0. The summed E-state index contributed by atoms with van der Waals surface area (Å²) in [5, 5.41) is 1.28. The first-order valence-corrected chi connectivity index (χ1v) is 9.20. The third-order valence-corrected chi connectivity index (χ3v) is 5.12. The Morgan fingerprint density at radius 1 is 1.08 bits per heavy atom. The van der Waals surface area contributed by atoms with Gasteiger partial charge in [0.15, 0.2) is 0 Å². The van der Waals surface area contributed by atoms with Gasteiger partial charge in [-0.05, 0) is 53.0 Å². The van der Waals surface area contributed by atoms with Gasteiger partial charge in [-0.25, -0.2) is 0 Å². The first kappa shape index (κ1) is 17.0. The second-order valence-electron chi connectivity index (χ2n) is 6.30. The zero-order chi connectivity index (χ0) is 16.9. The van der Waals surface area contributed by atoms with Crippen LogP contribution in [0.5, 0.6) is 5.75 Å². The number of hydrogen-bond acceptors (Lipinski definition) is 1. The molecule has 2 atom stereocenters. The molecule has 0 heterocycles. The monoisotopic (exact) mass is 336 g/mol. The van der Waals surface area contributed by atoms with Crippen molar-refractivity contribution in [3.63, 3.8) is 0 Å². The van der Waals surface area contributed by atoms with E-state index >= 15 is 0 Å². The molecule has 24 heavy (non-hydrogen) atoms. The topological polar surface area (TPSA) is 9.23 Å². The van der Waals surface area contributed by atoms with E-state index in [0.717, 1.165) is 12.2 Å². The van der Waals surface area contributed by atoms with Crippen molar-refractivity contribution in [1.82, 2.24) is 0 Å². The highest BCUT2D eigenvalue weighted by Crippen LogP contribution is 2.30. The molecule has 1 nitrogen and oxygen atoms in total. The Bertz CT molecular complexity index is 756. The van der Waals surface area contributed by atoms with Crippen LogP contribution in [0.2, 0.25) is 0 Å². The van der Waals surface area contributed by atoms with E-state index < -0.39 is 0 Å². The van der Waals surface area contributed by atoms with Crippen LogP contribution in [0.25, 0.3) is 11.1 Å². The van der Waals surface area contributed by atoms with Crippen LogP contribution in [0.3, 0.4) is 0 Å². The minimum Gasteiger partial charge on any atom is -0.497 e. The molecule has 0 bridgehead atoms. The SMILES string of the molecule is CCCC1=CCC(c2ccc(-c3ccc(OC)cc3)cc2P)C=C1. The number of rotatable bonds is 5. The maximum absolute atomic E-state index is 5.24. The zero-order valence-electron chi connectivity index (χ0n) is 14.5. The molecule has 0 N–H and O–H groups in total. The minimum absolute atomic E-state index is 0.489. The normalized spacial score (nSPS) is 16.8. The Morgan fingerprint density at radius 3 is 2.42 bits per heavy atom. The molecule has 2 aromatic rings. The quantitative estimate of drug-likeness (QED) is 0.643. The van der Waals surface area contributed by atoms with Crippen LogP contribution in [-0.2, 0) is 0 Å². The van der Waals surface area contributed by atoms with Gasteiger partial charge in [-0.2, -0.15) is 0 Å². The van der Waals surface area contributed by atoms with E-state index in [4.69, 9.17) is 4.74 Å². The standard InChI is InChI=1S/C22H25OP/c1-3-4-16-5-7-18(8-6-16)21-14-11-19(15-22(21)24)17-9-12-20(23-2)13-10-17/h5-7,9-15,18H,3-4,8,24H2,1-2H3. The molecular formula is C22H25OP. The molecular weight excluding hydrogens is 311 g/mol. The summed E-state index contributed by atoms with van der Waals surface area (Å²) in [4.78, 5) is 0. The van der Waals surface area contributed by atoms with Crippen LogP contribution < -0.4 is 10.0 Å². The van der Waals surface area contributed by atoms with Crippen molar-refractivity contribution in [3.8, 4) is 16.9 Å². The predicted molar refractivity (Wildman–Crippen MR) is 107 cm³/mol. The van der Waals surface area contributed by atoms with Gasteiger partial charge in [0.25, 0.3) is 0 Å². The molecule has 0 spiro atoms. The number of allylic oxidation sites excluding steroid dienone is 4. The molecule has 2 unspecified atom stereocenters. The van der Waals surface area contributed by atoms with Gasteiger partial charge in [0, 0.05) is 5.92 Å². The van der Waals surface area contributed by atoms with Crippen molar-refractivity contribution in [2.24, 2.45) is 0 Å². The van der Waals surface area contributed by atoms with Gasteiger partial charge in [0.2, 0.25) is 0 Å². The van der Waals surface area contributed by atoms with E-state index in [1.165, 1.54) is 40.4 Å². The van der Waals surface area contributed by atoms with Crippen molar-refractivity contribution >= 4 is 14.5 Å². The molecule has 0 aromatic heterocycles. The third kappa shape index (κ3) is 3.79. The average molecular weight is 336 g/mol. The Balaban J connectivity index is 1.79. The predicted octanol–water partition coefficient (Wildman–Crippen LogP) is 5.63. The third-order valence-electron chi connectivity index (χ3n) is 4.62. The number of hydrogen-bond donors (Lipinski definition) is 0. The fourth-order valence-corrected chi connectivity index (χ4v) is 3.73. The largest absolute Gasteiger partial charge is 0.497 e. The van der Waals surface area contributed by atoms with E-state index in [1.54, 1.807) is 7.11 Å². The van der Waals surface area contributed by atoms with Crippen LogP contribution in [0, 0.1) is 0 Å². The lowest BCUT2D eigenvalue weighted by Gasteiger charge is -2.19. The first-order chi connectivity index (χ1) is 11.7. The van der Waals surface area contributed by atoms with Gasteiger partial charge in [0.1, 0.15) is 5.75 Å². The highest BCUT2D eigenvalue weighted by molar-refractivity contribution is 7.27. The van der Waals surface area contributed by atoms with Gasteiger partial charge in [-0.1, -0.05) is 61.4 Å². The van der Waals surface area contributed by atoms with E-state index in [9.17, 15) is 0 Å². The van der Waals surface area contributed by atoms with Crippen LogP contribution in [0.4, 0.5) is 0 Å². The maximum Gasteiger partial charge on any atom is 0.118 e. The molecule has 3 rings (SSSR count). The van der Waals surface area contributed by atoms with Crippen molar-refractivity contribution in [2.75, 3.05) is 7.11 Å². The van der Waals surface area contributed by atoms with E-state index in [-0.39, 0.29) is 0 Å². The fourth-order valence-electron chi connectivity index (χ4n) is 3.24. The maximum atomic E-state index is 5.24. The molecule has 0 saturated heterocycles. The summed E-state index contributed by atoms with van der Waals surface area (Å²) in [6.07, 6.45) is 10.6. The summed E-state index contributed by atoms with van der Waals surface area (Å²) in [7, 11) is 4.61. The lowest BCUT2D eigenvalue weighted by Crippen LogP contribution is -2.08. The van der Waals surface area contributed by atoms with Crippen LogP contribution in [-0.4, -0.2) is 7.11 Å². The lowest BCUT2D eigenvalue weighted by atomic mass is 9.88.